The van der Waals surface area contributed by atoms with Crippen molar-refractivity contribution in [1.29, 1.82) is 0 Å². The van der Waals surface area contributed by atoms with Crippen molar-refractivity contribution in [2.75, 3.05) is 18.8 Å². The first-order chi connectivity index (χ1) is 9.65. The summed E-state index contributed by atoms with van der Waals surface area (Å²) in [5, 5.41) is 0. The van der Waals surface area contributed by atoms with Gasteiger partial charge in [-0.2, -0.15) is 0 Å². The average Bonchev–Trinajstić information content (AvgIpc) is 2.84. The molecule has 0 atom stereocenters. The highest BCUT2D eigenvalue weighted by atomic mass is 15.1. The molecule has 108 valence electrons. The van der Waals surface area contributed by atoms with Gasteiger partial charge in [0.15, 0.2) is 0 Å². The van der Waals surface area contributed by atoms with E-state index in [2.05, 4.69) is 34.2 Å². The van der Waals surface area contributed by atoms with E-state index in [0.717, 1.165) is 29.5 Å². The Morgan fingerprint density at radius 1 is 1.30 bits per heavy atom. The van der Waals surface area contributed by atoms with Crippen LogP contribution in [0.25, 0.3) is 5.52 Å². The fraction of sp³-hybridized carbons (Fsp3) is 0.562. The normalized spacial score (nSPS) is 18.1. The second-order valence-corrected chi connectivity index (χ2v) is 6.16. The number of nitrogens with zero attached hydrogens (tertiary/aromatic N) is 3. The Kier molecular flexibility index (Phi) is 3.66. The summed E-state index contributed by atoms with van der Waals surface area (Å²) in [4.78, 5) is 7.14. The third-order valence-electron chi connectivity index (χ3n) is 4.50. The molecular formula is C16H24N4. The molecule has 3 rings (SSSR count). The molecule has 4 heteroatoms. The van der Waals surface area contributed by atoms with Crippen LogP contribution >= 0.6 is 0 Å². The van der Waals surface area contributed by atoms with E-state index in [0.29, 0.717) is 6.04 Å². The van der Waals surface area contributed by atoms with Crippen molar-refractivity contribution in [2.24, 2.45) is 5.92 Å². The van der Waals surface area contributed by atoms with Gasteiger partial charge in [-0.25, -0.2) is 4.98 Å². The number of piperidine rings is 1. The van der Waals surface area contributed by atoms with Crippen LogP contribution in [0.15, 0.2) is 24.4 Å². The van der Waals surface area contributed by atoms with Gasteiger partial charge in [-0.3, -0.25) is 4.40 Å². The van der Waals surface area contributed by atoms with E-state index in [1.807, 2.05) is 18.3 Å². The maximum Gasteiger partial charge on any atom is 0.115 e. The first-order valence-electron chi connectivity index (χ1n) is 7.60. The molecule has 0 aromatic carbocycles. The molecule has 1 saturated heterocycles. The number of rotatable bonds is 3. The fourth-order valence-electron chi connectivity index (χ4n) is 3.22. The summed E-state index contributed by atoms with van der Waals surface area (Å²) in [5.41, 5.74) is 7.18. The SMILES string of the molecule is CC(C)N1CCC(Cc2ncc3cccc(N)n23)CC1. The zero-order chi connectivity index (χ0) is 14.1. The number of nitrogens with two attached hydrogens (primary N) is 1. The molecular weight excluding hydrogens is 248 g/mol. The number of pyridine rings is 1. The molecule has 3 heterocycles. The number of fused-ring (bicyclic) bond motifs is 1. The van der Waals surface area contributed by atoms with Crippen LogP contribution in [0, 0.1) is 5.92 Å². The summed E-state index contributed by atoms with van der Waals surface area (Å²) in [6.07, 6.45) is 5.49. The Morgan fingerprint density at radius 2 is 2.05 bits per heavy atom. The highest BCUT2D eigenvalue weighted by molar-refractivity contribution is 5.53. The Balaban J connectivity index is 1.72. The van der Waals surface area contributed by atoms with Gasteiger partial charge < -0.3 is 10.6 Å². The molecule has 0 radical (unpaired) electrons. The number of likely N-dealkylation sites (tertiary alicyclic amines) is 1. The molecule has 0 bridgehead atoms. The molecule has 0 spiro atoms. The van der Waals surface area contributed by atoms with Gasteiger partial charge in [-0.1, -0.05) is 6.07 Å². The Morgan fingerprint density at radius 3 is 2.75 bits per heavy atom. The minimum atomic E-state index is 0.666. The number of imidazole rings is 1. The molecule has 0 amide bonds. The van der Waals surface area contributed by atoms with E-state index < -0.39 is 0 Å². The van der Waals surface area contributed by atoms with E-state index in [1.165, 1.54) is 25.9 Å². The van der Waals surface area contributed by atoms with Gasteiger partial charge in [0.05, 0.1) is 11.7 Å². The van der Waals surface area contributed by atoms with Crippen LogP contribution in [-0.4, -0.2) is 33.4 Å². The monoisotopic (exact) mass is 272 g/mol. The van der Waals surface area contributed by atoms with Gasteiger partial charge in [0.1, 0.15) is 11.6 Å². The Bertz CT molecular complexity index is 579. The van der Waals surface area contributed by atoms with E-state index in [4.69, 9.17) is 5.73 Å². The van der Waals surface area contributed by atoms with Crippen molar-refractivity contribution >= 4 is 11.3 Å². The van der Waals surface area contributed by atoms with E-state index in [1.54, 1.807) is 0 Å². The average molecular weight is 272 g/mol. The topological polar surface area (TPSA) is 46.6 Å². The van der Waals surface area contributed by atoms with Gasteiger partial charge in [0, 0.05) is 12.5 Å². The van der Waals surface area contributed by atoms with Crippen LogP contribution in [0.4, 0.5) is 5.82 Å². The Labute approximate surface area is 120 Å². The zero-order valence-electron chi connectivity index (χ0n) is 12.4. The van der Waals surface area contributed by atoms with Crippen molar-refractivity contribution in [3.63, 3.8) is 0 Å². The largest absolute Gasteiger partial charge is 0.385 e. The van der Waals surface area contributed by atoms with Gasteiger partial charge in [-0.05, 0) is 57.8 Å². The number of hydrogen-bond donors (Lipinski definition) is 1. The summed E-state index contributed by atoms with van der Waals surface area (Å²) in [5.74, 6) is 2.63. The first kappa shape index (κ1) is 13.4. The molecule has 0 saturated carbocycles. The van der Waals surface area contributed by atoms with E-state index >= 15 is 0 Å². The van der Waals surface area contributed by atoms with Crippen LogP contribution in [0.5, 0.6) is 0 Å². The van der Waals surface area contributed by atoms with Gasteiger partial charge in [0.2, 0.25) is 0 Å². The highest BCUT2D eigenvalue weighted by Crippen LogP contribution is 2.23. The molecule has 2 aromatic heterocycles. The summed E-state index contributed by atoms with van der Waals surface area (Å²) in [6, 6.07) is 6.66. The second kappa shape index (κ2) is 5.44. The van der Waals surface area contributed by atoms with E-state index in [9.17, 15) is 0 Å². The smallest absolute Gasteiger partial charge is 0.115 e. The van der Waals surface area contributed by atoms with Crippen molar-refractivity contribution in [3.8, 4) is 0 Å². The molecule has 0 aliphatic carbocycles. The third-order valence-corrected chi connectivity index (χ3v) is 4.50. The van der Waals surface area contributed by atoms with Gasteiger partial charge >= 0.3 is 0 Å². The van der Waals surface area contributed by atoms with Gasteiger partial charge in [-0.15, -0.1) is 0 Å². The van der Waals surface area contributed by atoms with Crippen LogP contribution in [0.1, 0.15) is 32.5 Å². The summed E-state index contributed by atoms with van der Waals surface area (Å²) < 4.78 is 2.09. The summed E-state index contributed by atoms with van der Waals surface area (Å²) in [7, 11) is 0. The standard InChI is InChI=1S/C16H24N4/c1-12(2)19-8-6-13(7-9-19)10-16-18-11-14-4-3-5-15(17)20(14)16/h3-5,11-13H,6-10,17H2,1-2H3. The highest BCUT2D eigenvalue weighted by Gasteiger charge is 2.22. The molecule has 1 aliphatic heterocycles. The lowest BCUT2D eigenvalue weighted by atomic mass is 9.92. The van der Waals surface area contributed by atoms with Crippen LogP contribution in [0.2, 0.25) is 0 Å². The third kappa shape index (κ3) is 2.52. The van der Waals surface area contributed by atoms with Gasteiger partial charge in [0.25, 0.3) is 0 Å². The second-order valence-electron chi connectivity index (χ2n) is 6.16. The number of aromatic nitrogens is 2. The van der Waals surface area contributed by atoms with Crippen LogP contribution in [0.3, 0.4) is 0 Å². The van der Waals surface area contributed by atoms with Crippen molar-refractivity contribution < 1.29 is 0 Å². The predicted molar refractivity (Wildman–Crippen MR) is 82.7 cm³/mol. The molecule has 2 N–H and O–H groups in total. The summed E-state index contributed by atoms with van der Waals surface area (Å²) >= 11 is 0. The minimum Gasteiger partial charge on any atom is -0.385 e. The maximum atomic E-state index is 6.08. The summed E-state index contributed by atoms with van der Waals surface area (Å²) in [6.45, 7) is 6.98. The number of hydrogen-bond acceptors (Lipinski definition) is 3. The molecule has 1 aliphatic rings. The van der Waals surface area contributed by atoms with Crippen LogP contribution in [-0.2, 0) is 6.42 Å². The van der Waals surface area contributed by atoms with E-state index in [-0.39, 0.29) is 0 Å². The lowest BCUT2D eigenvalue weighted by Crippen LogP contribution is -2.39. The van der Waals surface area contributed by atoms with Crippen LogP contribution < -0.4 is 5.73 Å². The molecule has 20 heavy (non-hydrogen) atoms. The molecule has 2 aromatic rings. The lowest BCUT2D eigenvalue weighted by Gasteiger charge is -2.34. The minimum absolute atomic E-state index is 0.666. The predicted octanol–water partition coefficient (Wildman–Crippen LogP) is 2.58. The zero-order valence-corrected chi connectivity index (χ0v) is 12.4. The first-order valence-corrected chi connectivity index (χ1v) is 7.60. The van der Waals surface area contributed by atoms with Crippen molar-refractivity contribution in [2.45, 2.75) is 39.2 Å². The molecule has 1 fully saturated rings. The quantitative estimate of drug-likeness (QED) is 0.934. The molecule has 0 unspecified atom stereocenters. The Hall–Kier alpha value is -1.55. The lowest BCUT2D eigenvalue weighted by molar-refractivity contribution is 0.148. The maximum absolute atomic E-state index is 6.08. The van der Waals surface area contributed by atoms with Crippen molar-refractivity contribution in [1.82, 2.24) is 14.3 Å². The number of nitrogen functional groups attached to an aromatic ring is 1. The van der Waals surface area contributed by atoms with Crippen molar-refractivity contribution in [3.05, 3.63) is 30.2 Å². The number of anilines is 1. The fourth-order valence-corrected chi connectivity index (χ4v) is 3.22. The molecule has 4 nitrogen and oxygen atoms in total.